The number of alkyl halides is 3. The van der Waals surface area contributed by atoms with Crippen molar-refractivity contribution in [2.75, 3.05) is 0 Å². The van der Waals surface area contributed by atoms with E-state index in [2.05, 4.69) is 4.74 Å². The lowest BCUT2D eigenvalue weighted by molar-refractivity contribution is -0.206. The quantitative estimate of drug-likeness (QED) is 0.336. The summed E-state index contributed by atoms with van der Waals surface area (Å²) in [6.07, 6.45) is -6.59. The fourth-order valence-electron chi connectivity index (χ4n) is 3.53. The Morgan fingerprint density at radius 3 is 2.17 bits per heavy atom. The van der Waals surface area contributed by atoms with Gasteiger partial charge in [-0.1, -0.05) is 0 Å². The molecule has 0 amide bonds. The van der Waals surface area contributed by atoms with Crippen molar-refractivity contribution in [3.63, 3.8) is 0 Å². The van der Waals surface area contributed by atoms with Gasteiger partial charge >= 0.3 is 12.1 Å². The zero-order chi connectivity index (χ0) is 17.1. The largest absolute Gasteiger partial charge is 0.490 e. The number of hydrogen-bond donors (Lipinski definition) is 0. The molecule has 126 valence electrons. The standard InChI is InChI=1S/C14H9F7O2/c15-9-6-3-5-4(8(6)10(16)12(18)11(9)17)1-2-7(5)23-13(22)14(19,20)21/h4-5,7H,1-3H2. The topological polar surface area (TPSA) is 26.3 Å². The zero-order valence-corrected chi connectivity index (χ0v) is 11.3. The molecular formula is C14H9F7O2. The molecule has 2 aliphatic carbocycles. The number of benzene rings is 1. The average molecular weight is 342 g/mol. The molecule has 2 nitrogen and oxygen atoms in total. The van der Waals surface area contributed by atoms with Crippen LogP contribution in [0.1, 0.15) is 29.9 Å². The molecule has 0 aromatic heterocycles. The molecular weight excluding hydrogens is 333 g/mol. The first kappa shape index (κ1) is 16.1. The van der Waals surface area contributed by atoms with Crippen LogP contribution in [-0.2, 0) is 16.0 Å². The summed E-state index contributed by atoms with van der Waals surface area (Å²) < 4.78 is 95.4. The van der Waals surface area contributed by atoms with Crippen LogP contribution in [0.5, 0.6) is 0 Å². The third kappa shape index (κ3) is 2.36. The molecule has 1 fully saturated rings. The fraction of sp³-hybridized carbons (Fsp3) is 0.500. The van der Waals surface area contributed by atoms with Gasteiger partial charge in [0, 0.05) is 11.5 Å². The monoisotopic (exact) mass is 342 g/mol. The van der Waals surface area contributed by atoms with Crippen molar-refractivity contribution in [3.8, 4) is 0 Å². The summed E-state index contributed by atoms with van der Waals surface area (Å²) in [7, 11) is 0. The number of hydrogen-bond acceptors (Lipinski definition) is 2. The van der Waals surface area contributed by atoms with Crippen LogP contribution in [0, 0.1) is 29.2 Å². The van der Waals surface area contributed by atoms with Crippen LogP contribution in [-0.4, -0.2) is 18.2 Å². The Bertz CT molecular complexity index is 683. The lowest BCUT2D eigenvalue weighted by Gasteiger charge is -2.19. The normalized spacial score (nSPS) is 26.1. The van der Waals surface area contributed by atoms with Gasteiger partial charge in [-0.05, 0) is 30.7 Å². The molecule has 0 saturated heterocycles. The van der Waals surface area contributed by atoms with Gasteiger partial charge in [0.05, 0.1) is 0 Å². The van der Waals surface area contributed by atoms with Crippen molar-refractivity contribution < 1.29 is 40.3 Å². The van der Waals surface area contributed by atoms with Crippen LogP contribution in [0.2, 0.25) is 0 Å². The van der Waals surface area contributed by atoms with E-state index in [9.17, 15) is 35.5 Å². The predicted molar refractivity (Wildman–Crippen MR) is 61.4 cm³/mol. The van der Waals surface area contributed by atoms with Crippen molar-refractivity contribution in [2.24, 2.45) is 5.92 Å². The van der Waals surface area contributed by atoms with Gasteiger partial charge < -0.3 is 4.74 Å². The van der Waals surface area contributed by atoms with Gasteiger partial charge in [-0.15, -0.1) is 0 Å². The Hall–Kier alpha value is -1.80. The van der Waals surface area contributed by atoms with E-state index >= 15 is 0 Å². The van der Waals surface area contributed by atoms with Crippen LogP contribution in [0.15, 0.2) is 0 Å². The predicted octanol–water partition coefficient (Wildman–Crippen LogP) is 3.77. The van der Waals surface area contributed by atoms with Gasteiger partial charge in [0.1, 0.15) is 6.10 Å². The average Bonchev–Trinajstić information content (AvgIpc) is 3.02. The summed E-state index contributed by atoms with van der Waals surface area (Å²) in [6, 6.07) is 0. The highest BCUT2D eigenvalue weighted by molar-refractivity contribution is 5.75. The molecule has 3 unspecified atom stereocenters. The van der Waals surface area contributed by atoms with Crippen LogP contribution < -0.4 is 0 Å². The van der Waals surface area contributed by atoms with Gasteiger partial charge in [-0.25, -0.2) is 22.4 Å². The molecule has 0 aliphatic heterocycles. The molecule has 0 N–H and O–H groups in total. The van der Waals surface area contributed by atoms with Gasteiger partial charge in [-0.2, -0.15) is 13.2 Å². The minimum Gasteiger partial charge on any atom is -0.455 e. The lowest BCUT2D eigenvalue weighted by atomic mass is 9.95. The molecule has 2 aliphatic rings. The summed E-state index contributed by atoms with van der Waals surface area (Å²) in [4.78, 5) is 10.9. The molecule has 0 spiro atoms. The highest BCUT2D eigenvalue weighted by Crippen LogP contribution is 2.51. The van der Waals surface area contributed by atoms with Crippen molar-refractivity contribution in [1.29, 1.82) is 0 Å². The molecule has 0 radical (unpaired) electrons. The molecule has 1 aromatic carbocycles. The minimum atomic E-state index is -5.18. The van der Waals surface area contributed by atoms with Gasteiger partial charge in [0.15, 0.2) is 23.3 Å². The summed E-state index contributed by atoms with van der Waals surface area (Å²) >= 11 is 0. The first-order valence-corrected chi connectivity index (χ1v) is 6.75. The number of ether oxygens (including phenoxy) is 1. The van der Waals surface area contributed by atoms with E-state index in [4.69, 9.17) is 0 Å². The van der Waals surface area contributed by atoms with Gasteiger partial charge in [0.25, 0.3) is 0 Å². The van der Waals surface area contributed by atoms with Crippen LogP contribution in [0.4, 0.5) is 30.7 Å². The number of fused-ring (bicyclic) bond motifs is 3. The second-order valence-electron chi connectivity index (χ2n) is 5.64. The Labute approximate surface area is 125 Å². The van der Waals surface area contributed by atoms with E-state index in [1.54, 1.807) is 0 Å². The molecule has 1 saturated carbocycles. The van der Waals surface area contributed by atoms with Crippen molar-refractivity contribution >= 4 is 5.97 Å². The van der Waals surface area contributed by atoms with Crippen molar-refractivity contribution in [2.45, 2.75) is 37.5 Å². The number of carbonyl (C=O) groups is 1. The third-order valence-electron chi connectivity index (χ3n) is 4.46. The van der Waals surface area contributed by atoms with Gasteiger partial charge in [0.2, 0.25) is 0 Å². The molecule has 23 heavy (non-hydrogen) atoms. The molecule has 1 aromatic rings. The summed E-state index contributed by atoms with van der Waals surface area (Å²) in [5.74, 6) is -11.0. The van der Waals surface area contributed by atoms with E-state index in [0.717, 1.165) is 0 Å². The van der Waals surface area contributed by atoms with Crippen molar-refractivity contribution in [3.05, 3.63) is 34.4 Å². The van der Waals surface area contributed by atoms with E-state index in [1.165, 1.54) is 0 Å². The Balaban J connectivity index is 1.91. The van der Waals surface area contributed by atoms with E-state index in [-0.39, 0.29) is 24.8 Å². The smallest absolute Gasteiger partial charge is 0.455 e. The Morgan fingerprint density at radius 2 is 1.57 bits per heavy atom. The number of halogens is 7. The number of rotatable bonds is 1. The maximum Gasteiger partial charge on any atom is 0.490 e. The summed E-state index contributed by atoms with van der Waals surface area (Å²) in [5.41, 5.74) is -0.763. The molecule has 3 rings (SSSR count). The molecule has 3 atom stereocenters. The van der Waals surface area contributed by atoms with E-state index < -0.39 is 58.9 Å². The highest BCUT2D eigenvalue weighted by Gasteiger charge is 2.51. The van der Waals surface area contributed by atoms with Gasteiger partial charge in [-0.3, -0.25) is 0 Å². The first-order chi connectivity index (χ1) is 10.6. The third-order valence-corrected chi connectivity index (χ3v) is 4.46. The lowest BCUT2D eigenvalue weighted by Crippen LogP contribution is -2.32. The minimum absolute atomic E-state index is 0.0106. The summed E-state index contributed by atoms with van der Waals surface area (Å²) in [5, 5.41) is 0. The second-order valence-corrected chi connectivity index (χ2v) is 5.64. The maximum absolute atomic E-state index is 13.9. The van der Waals surface area contributed by atoms with E-state index in [0.29, 0.717) is 0 Å². The Morgan fingerprint density at radius 1 is 0.957 bits per heavy atom. The van der Waals surface area contributed by atoms with Crippen LogP contribution >= 0.6 is 0 Å². The zero-order valence-electron chi connectivity index (χ0n) is 11.3. The highest BCUT2D eigenvalue weighted by atomic mass is 19.4. The molecule has 9 heteroatoms. The maximum atomic E-state index is 13.9. The molecule has 0 heterocycles. The second kappa shape index (κ2) is 5.10. The Kier molecular flexibility index (Phi) is 3.57. The number of esters is 1. The van der Waals surface area contributed by atoms with Crippen LogP contribution in [0.3, 0.4) is 0 Å². The summed E-state index contributed by atoms with van der Waals surface area (Å²) in [6.45, 7) is 0. The SMILES string of the molecule is O=C(OC1CCC2c3c(F)c(F)c(F)c(F)c3CC12)C(F)(F)F. The van der Waals surface area contributed by atoms with Crippen molar-refractivity contribution in [1.82, 2.24) is 0 Å². The number of carbonyl (C=O) groups excluding carboxylic acids is 1. The molecule has 0 bridgehead atoms. The van der Waals surface area contributed by atoms with E-state index in [1.807, 2.05) is 0 Å². The van der Waals surface area contributed by atoms with Crippen LogP contribution in [0.25, 0.3) is 0 Å². The fourth-order valence-corrected chi connectivity index (χ4v) is 3.53. The first-order valence-electron chi connectivity index (χ1n) is 6.75.